The van der Waals surface area contributed by atoms with Crippen molar-refractivity contribution in [2.75, 3.05) is 13.0 Å². The molecule has 6 nitrogen and oxygen atoms in total. The highest BCUT2D eigenvalue weighted by Crippen LogP contribution is 2.39. The molecule has 1 atom stereocenters. The Morgan fingerprint density at radius 1 is 1.26 bits per heavy atom. The van der Waals surface area contributed by atoms with Crippen molar-refractivity contribution in [3.05, 3.63) is 46.2 Å². The Morgan fingerprint density at radius 2 is 2.09 bits per heavy atom. The van der Waals surface area contributed by atoms with Crippen molar-refractivity contribution < 1.29 is 17.9 Å². The third-order valence-corrected chi connectivity index (χ3v) is 5.78. The maximum absolute atomic E-state index is 12.1. The summed E-state index contributed by atoms with van der Waals surface area (Å²) in [5, 5.41) is 6.30. The summed E-state index contributed by atoms with van der Waals surface area (Å²) in [5.41, 5.74) is 1.58. The Morgan fingerprint density at radius 3 is 2.83 bits per heavy atom. The Kier molecular flexibility index (Phi) is 3.31. The van der Waals surface area contributed by atoms with Crippen LogP contribution in [0.1, 0.15) is 22.9 Å². The molecule has 2 aliphatic heterocycles. The minimum Gasteiger partial charge on any atom is -0.454 e. The second-order valence-electron chi connectivity index (χ2n) is 5.39. The van der Waals surface area contributed by atoms with Crippen LogP contribution in [0.15, 0.2) is 40.8 Å². The second-order valence-corrected chi connectivity index (χ2v) is 8.21. The van der Waals surface area contributed by atoms with Gasteiger partial charge in [-0.1, -0.05) is 6.07 Å². The van der Waals surface area contributed by atoms with Crippen molar-refractivity contribution in [3.8, 4) is 11.5 Å². The topological polar surface area (TPSA) is 68.2 Å². The van der Waals surface area contributed by atoms with Crippen LogP contribution in [0.5, 0.6) is 11.5 Å². The van der Waals surface area contributed by atoms with E-state index in [0.717, 1.165) is 16.2 Å². The summed E-state index contributed by atoms with van der Waals surface area (Å²) in [6, 6.07) is 9.11. The molecule has 0 radical (unpaired) electrons. The number of thiophene rings is 1. The molecule has 2 aromatic rings. The van der Waals surface area contributed by atoms with Crippen LogP contribution in [0, 0.1) is 0 Å². The van der Waals surface area contributed by atoms with E-state index in [4.69, 9.17) is 9.47 Å². The predicted molar refractivity (Wildman–Crippen MR) is 87.5 cm³/mol. The quantitative estimate of drug-likeness (QED) is 0.853. The highest BCUT2D eigenvalue weighted by molar-refractivity contribution is 7.88. The minimum atomic E-state index is -3.43. The van der Waals surface area contributed by atoms with Gasteiger partial charge < -0.3 is 9.47 Å². The van der Waals surface area contributed by atoms with Gasteiger partial charge in [0.25, 0.3) is 0 Å². The van der Waals surface area contributed by atoms with Gasteiger partial charge in [0.1, 0.15) is 6.04 Å². The molecule has 0 aliphatic carbocycles. The third kappa shape index (κ3) is 2.57. The smallest absolute Gasteiger partial charge is 0.247 e. The lowest BCUT2D eigenvalue weighted by Gasteiger charge is -2.19. The number of rotatable bonds is 3. The van der Waals surface area contributed by atoms with Gasteiger partial charge in [-0.25, -0.2) is 8.42 Å². The van der Waals surface area contributed by atoms with E-state index in [2.05, 4.69) is 5.10 Å². The first-order chi connectivity index (χ1) is 11.0. The van der Waals surface area contributed by atoms with Crippen LogP contribution in [-0.2, 0) is 10.0 Å². The average Bonchev–Trinajstić information content (AvgIpc) is 3.24. The van der Waals surface area contributed by atoms with Crippen LogP contribution in [0.3, 0.4) is 0 Å². The zero-order valence-electron chi connectivity index (χ0n) is 12.3. The highest BCUT2D eigenvalue weighted by Gasteiger charge is 2.35. The zero-order valence-corrected chi connectivity index (χ0v) is 13.9. The van der Waals surface area contributed by atoms with Crippen molar-refractivity contribution in [1.82, 2.24) is 4.41 Å². The molecule has 23 heavy (non-hydrogen) atoms. The molecule has 0 spiro atoms. The Balaban J connectivity index is 1.72. The number of benzene rings is 1. The maximum atomic E-state index is 12.1. The summed E-state index contributed by atoms with van der Waals surface area (Å²) in [6.07, 6.45) is 1.72. The van der Waals surface area contributed by atoms with Crippen LogP contribution in [0.2, 0.25) is 0 Å². The van der Waals surface area contributed by atoms with Gasteiger partial charge in [0, 0.05) is 16.9 Å². The van der Waals surface area contributed by atoms with Crippen molar-refractivity contribution in [2.24, 2.45) is 5.10 Å². The van der Waals surface area contributed by atoms with Crippen molar-refractivity contribution in [3.63, 3.8) is 0 Å². The second kappa shape index (κ2) is 5.24. The molecule has 0 N–H and O–H groups in total. The van der Waals surface area contributed by atoms with Gasteiger partial charge in [0.05, 0.1) is 12.0 Å². The molecule has 3 heterocycles. The number of fused-ring (bicyclic) bond motifs is 1. The van der Waals surface area contributed by atoms with Gasteiger partial charge in [-0.05, 0) is 29.6 Å². The molecule has 0 fully saturated rings. The van der Waals surface area contributed by atoms with Gasteiger partial charge in [-0.2, -0.15) is 9.52 Å². The molecular weight excluding hydrogens is 336 g/mol. The largest absolute Gasteiger partial charge is 0.454 e. The molecule has 0 unspecified atom stereocenters. The molecule has 0 saturated carbocycles. The van der Waals surface area contributed by atoms with Crippen LogP contribution in [0.4, 0.5) is 0 Å². The first-order valence-electron chi connectivity index (χ1n) is 7.03. The van der Waals surface area contributed by atoms with Crippen LogP contribution in [-0.4, -0.2) is 31.6 Å². The van der Waals surface area contributed by atoms with Gasteiger partial charge in [0.2, 0.25) is 16.8 Å². The molecule has 8 heteroatoms. The average molecular weight is 350 g/mol. The van der Waals surface area contributed by atoms with Crippen molar-refractivity contribution >= 4 is 27.1 Å². The molecule has 0 bridgehead atoms. The van der Waals surface area contributed by atoms with E-state index in [0.29, 0.717) is 17.9 Å². The molecule has 4 rings (SSSR count). The summed E-state index contributed by atoms with van der Waals surface area (Å²) in [6.45, 7) is 0.207. The Hall–Kier alpha value is -2.06. The van der Waals surface area contributed by atoms with E-state index in [-0.39, 0.29) is 12.8 Å². The van der Waals surface area contributed by atoms with Crippen LogP contribution in [0.25, 0.3) is 0 Å². The normalized spacial score (nSPS) is 20.0. The number of nitrogens with zero attached hydrogens (tertiary/aromatic N) is 2. The van der Waals surface area contributed by atoms with Gasteiger partial charge in [0.15, 0.2) is 11.5 Å². The fourth-order valence-corrected chi connectivity index (χ4v) is 4.51. The summed E-state index contributed by atoms with van der Waals surface area (Å²) < 4.78 is 36.1. The highest BCUT2D eigenvalue weighted by atomic mass is 32.2. The molecule has 2 aliphatic rings. The standard InChI is InChI=1S/C15H14N2O4S2/c1-23(18,19)17-12(15-3-2-6-22-15)8-11(16-17)10-4-5-13-14(7-10)21-9-20-13/h2-7,12H,8-9H2,1H3/t12-/m0/s1. The van der Waals surface area contributed by atoms with E-state index in [9.17, 15) is 8.42 Å². The first-order valence-corrected chi connectivity index (χ1v) is 9.75. The fourth-order valence-electron chi connectivity index (χ4n) is 2.74. The van der Waals surface area contributed by atoms with Crippen LogP contribution >= 0.6 is 11.3 Å². The van der Waals surface area contributed by atoms with Crippen LogP contribution < -0.4 is 9.47 Å². The molecule has 120 valence electrons. The number of hydrogen-bond donors (Lipinski definition) is 0. The third-order valence-electron chi connectivity index (χ3n) is 3.79. The number of ether oxygens (including phenoxy) is 2. The lowest BCUT2D eigenvalue weighted by atomic mass is 10.0. The number of hydrogen-bond acceptors (Lipinski definition) is 6. The Labute approximate surface area is 138 Å². The summed E-state index contributed by atoms with van der Waals surface area (Å²) in [4.78, 5) is 0.981. The molecule has 1 aromatic carbocycles. The molecular formula is C15H14N2O4S2. The summed E-state index contributed by atoms with van der Waals surface area (Å²) in [7, 11) is -3.43. The summed E-state index contributed by atoms with van der Waals surface area (Å²) in [5.74, 6) is 1.36. The number of hydrazone groups is 1. The predicted octanol–water partition coefficient (Wildman–Crippen LogP) is 2.59. The minimum absolute atomic E-state index is 0.207. The molecule has 1 aromatic heterocycles. The van der Waals surface area contributed by atoms with Gasteiger partial charge in [-0.15, -0.1) is 11.3 Å². The Bertz CT molecular complexity index is 875. The SMILES string of the molecule is CS(=O)(=O)N1N=C(c2ccc3c(c2)OCO3)C[C@H]1c1cccs1. The monoisotopic (exact) mass is 350 g/mol. The van der Waals surface area contributed by atoms with E-state index >= 15 is 0 Å². The maximum Gasteiger partial charge on any atom is 0.247 e. The van der Waals surface area contributed by atoms with Gasteiger partial charge >= 0.3 is 0 Å². The van der Waals surface area contributed by atoms with E-state index in [1.165, 1.54) is 22.0 Å². The molecule has 0 amide bonds. The lowest BCUT2D eigenvalue weighted by Crippen LogP contribution is -2.25. The van der Waals surface area contributed by atoms with Gasteiger partial charge in [-0.3, -0.25) is 0 Å². The van der Waals surface area contributed by atoms with E-state index < -0.39 is 10.0 Å². The lowest BCUT2D eigenvalue weighted by molar-refractivity contribution is 0.174. The number of sulfonamides is 1. The fraction of sp³-hybridized carbons (Fsp3) is 0.267. The summed E-state index contributed by atoms with van der Waals surface area (Å²) >= 11 is 1.53. The van der Waals surface area contributed by atoms with E-state index in [1.54, 1.807) is 0 Å². The van der Waals surface area contributed by atoms with Crippen molar-refractivity contribution in [2.45, 2.75) is 12.5 Å². The molecule has 0 saturated heterocycles. The first kappa shape index (κ1) is 14.5. The van der Waals surface area contributed by atoms with E-state index in [1.807, 2.05) is 35.7 Å². The van der Waals surface area contributed by atoms with Crippen molar-refractivity contribution in [1.29, 1.82) is 0 Å². The zero-order chi connectivity index (χ0) is 16.0.